The predicted molar refractivity (Wildman–Crippen MR) is 112 cm³/mol. The summed E-state index contributed by atoms with van der Waals surface area (Å²) in [6, 6.07) is 8.10. The van der Waals surface area contributed by atoms with Crippen molar-refractivity contribution >= 4 is 45.4 Å². The number of carbonyl (C=O) groups excluding carboxylic acids is 4. The normalized spacial score (nSPS) is 18.1. The van der Waals surface area contributed by atoms with Crippen molar-refractivity contribution in [3.8, 4) is 0 Å². The van der Waals surface area contributed by atoms with E-state index < -0.39 is 40.9 Å². The lowest BCUT2D eigenvalue weighted by Crippen LogP contribution is -2.70. The molecule has 8 nitrogen and oxygen atoms in total. The average Bonchev–Trinajstić information content (AvgIpc) is 2.70. The second-order valence-corrected chi connectivity index (χ2v) is 9.09. The molecule has 3 atom stereocenters. The van der Waals surface area contributed by atoms with E-state index in [9.17, 15) is 19.2 Å². The maximum atomic E-state index is 12.8. The third-order valence-electron chi connectivity index (χ3n) is 4.73. The Morgan fingerprint density at radius 3 is 2.43 bits per heavy atom. The summed E-state index contributed by atoms with van der Waals surface area (Å²) in [7, 11) is 8.05. The largest absolute Gasteiger partial charge is 0.467 e. The van der Waals surface area contributed by atoms with Gasteiger partial charge in [-0.15, -0.1) is 0 Å². The van der Waals surface area contributed by atoms with Crippen LogP contribution >= 0.6 is 21.7 Å². The van der Waals surface area contributed by atoms with Crippen molar-refractivity contribution in [3.05, 3.63) is 35.9 Å². The van der Waals surface area contributed by atoms with Crippen LogP contribution < -0.4 is 5.32 Å². The van der Waals surface area contributed by atoms with Crippen molar-refractivity contribution in [1.29, 1.82) is 0 Å². The number of nitrogens with one attached hydrogen (secondary N) is 1. The number of nitrogens with zero attached hydrogens (tertiary/aromatic N) is 1. The Hall–Kier alpha value is -2.26. The Bertz CT molecular complexity index is 804. The number of hydrogen-bond donors (Lipinski definition) is 1. The molecule has 0 aromatic heterocycles. The summed E-state index contributed by atoms with van der Waals surface area (Å²) in [5.74, 6) is -2.11. The smallest absolute Gasteiger partial charge is 0.330 e. The topological polar surface area (TPSA) is 102 Å². The van der Waals surface area contributed by atoms with Gasteiger partial charge in [0, 0.05) is 13.3 Å². The molecule has 30 heavy (non-hydrogen) atoms. The van der Waals surface area contributed by atoms with Crippen LogP contribution in [-0.2, 0) is 35.1 Å². The lowest BCUT2D eigenvalue weighted by atomic mass is 9.95. The molecule has 164 valence electrons. The molecule has 0 aliphatic carbocycles. The zero-order chi connectivity index (χ0) is 22.5. The molecule has 2 rings (SSSR count). The molecular formula is C20H25ClN2O6S. The molecule has 0 radical (unpaired) electrons. The fourth-order valence-electron chi connectivity index (χ4n) is 3.23. The van der Waals surface area contributed by atoms with Gasteiger partial charge in [-0.2, -0.15) is 0 Å². The Kier molecular flexibility index (Phi) is 8.14. The summed E-state index contributed by atoms with van der Waals surface area (Å²) in [6.07, 6.45) is -1.63. The minimum atomic E-state index is -1.07. The number of esters is 2. The third-order valence-corrected chi connectivity index (χ3v) is 6.54. The zero-order valence-electron chi connectivity index (χ0n) is 17.2. The Labute approximate surface area is 184 Å². The molecule has 1 aromatic rings. The van der Waals surface area contributed by atoms with E-state index in [0.29, 0.717) is 0 Å². The van der Waals surface area contributed by atoms with Crippen molar-refractivity contribution in [2.75, 3.05) is 7.11 Å². The molecule has 1 aromatic carbocycles. The number of carbonyl (C=O) groups is 4. The number of amides is 2. The van der Waals surface area contributed by atoms with Crippen molar-refractivity contribution in [1.82, 2.24) is 10.2 Å². The lowest BCUT2D eigenvalue weighted by molar-refractivity contribution is -0.169. The molecule has 0 spiro atoms. The highest BCUT2D eigenvalue weighted by Crippen LogP contribution is 2.38. The number of benzene rings is 1. The van der Waals surface area contributed by atoms with Crippen LogP contribution in [-0.4, -0.2) is 58.8 Å². The van der Waals surface area contributed by atoms with Crippen LogP contribution in [0.25, 0.3) is 0 Å². The predicted octanol–water partition coefficient (Wildman–Crippen LogP) is 2.04. The number of hydrogen-bond acceptors (Lipinski definition) is 7. The molecule has 0 saturated carbocycles. The van der Waals surface area contributed by atoms with E-state index in [-0.39, 0.29) is 18.7 Å². The quantitative estimate of drug-likeness (QED) is 0.448. The molecule has 1 aliphatic rings. The van der Waals surface area contributed by atoms with Gasteiger partial charge in [0.25, 0.3) is 5.91 Å². The molecule has 1 saturated heterocycles. The monoisotopic (exact) mass is 456 g/mol. The highest BCUT2D eigenvalue weighted by molar-refractivity contribution is 8.22. The maximum Gasteiger partial charge on any atom is 0.330 e. The maximum absolute atomic E-state index is 12.8. The van der Waals surface area contributed by atoms with Gasteiger partial charge >= 0.3 is 11.9 Å². The van der Waals surface area contributed by atoms with E-state index in [2.05, 4.69) is 5.32 Å². The van der Waals surface area contributed by atoms with E-state index in [1.165, 1.54) is 18.9 Å². The van der Waals surface area contributed by atoms with Gasteiger partial charge in [-0.05, 0) is 41.1 Å². The summed E-state index contributed by atoms with van der Waals surface area (Å²) in [4.78, 5) is 50.3. The first kappa shape index (κ1) is 24.0. The van der Waals surface area contributed by atoms with E-state index >= 15 is 0 Å². The molecule has 3 unspecified atom stereocenters. The first-order valence-electron chi connectivity index (χ1n) is 9.31. The van der Waals surface area contributed by atoms with Crippen LogP contribution in [0.2, 0.25) is 0 Å². The standard InChI is InChI=1S/C20H25ClN2O6S/c1-12(24)29-14(10-13-8-6-5-7-9-13)18(26)22-15-11-16(25)23(15)17(19(27)28-4)20(2,3)30-21/h5-9,14-15,17H,10-11H2,1-4H3,(H,22,26). The van der Waals surface area contributed by atoms with E-state index in [4.69, 9.17) is 20.2 Å². The Morgan fingerprint density at radius 1 is 1.30 bits per heavy atom. The highest BCUT2D eigenvalue weighted by Gasteiger charge is 2.51. The molecule has 10 heteroatoms. The molecule has 1 fully saturated rings. The van der Waals surface area contributed by atoms with Crippen molar-refractivity contribution in [3.63, 3.8) is 0 Å². The fraction of sp³-hybridized carbons (Fsp3) is 0.500. The average molecular weight is 457 g/mol. The third kappa shape index (κ3) is 5.66. The van der Waals surface area contributed by atoms with E-state index in [1.807, 2.05) is 30.3 Å². The van der Waals surface area contributed by atoms with Crippen LogP contribution in [0, 0.1) is 0 Å². The zero-order valence-corrected chi connectivity index (χ0v) is 18.8. The van der Waals surface area contributed by atoms with Crippen LogP contribution in [0.5, 0.6) is 0 Å². The summed E-state index contributed by atoms with van der Waals surface area (Å²) >= 11 is 0. The number of β-lactam (4-membered cyclic amide) rings is 1. The molecule has 1 N–H and O–H groups in total. The fourth-order valence-corrected chi connectivity index (χ4v) is 3.78. The van der Waals surface area contributed by atoms with Gasteiger partial charge in [0.15, 0.2) is 6.10 Å². The first-order chi connectivity index (χ1) is 14.1. The van der Waals surface area contributed by atoms with Gasteiger partial charge in [0.1, 0.15) is 12.2 Å². The van der Waals surface area contributed by atoms with E-state index in [0.717, 1.165) is 16.5 Å². The number of methoxy groups -OCH3 is 1. The van der Waals surface area contributed by atoms with Crippen LogP contribution in [0.15, 0.2) is 30.3 Å². The molecule has 1 aliphatic heterocycles. The van der Waals surface area contributed by atoms with E-state index in [1.54, 1.807) is 13.8 Å². The van der Waals surface area contributed by atoms with Gasteiger partial charge in [-0.25, -0.2) is 4.79 Å². The molecule has 0 bridgehead atoms. The first-order valence-corrected chi connectivity index (χ1v) is 10.9. The van der Waals surface area contributed by atoms with Crippen molar-refractivity contribution in [2.45, 2.75) is 56.7 Å². The summed E-state index contributed by atoms with van der Waals surface area (Å²) in [5.41, 5.74) is 0.813. The van der Waals surface area contributed by atoms with Crippen LogP contribution in [0.1, 0.15) is 32.8 Å². The SMILES string of the molecule is COC(=O)C(N1C(=O)CC1NC(=O)C(Cc1ccccc1)OC(C)=O)C(C)(C)SCl. The summed E-state index contributed by atoms with van der Waals surface area (Å²) in [6.45, 7) is 4.62. The number of rotatable bonds is 9. The van der Waals surface area contributed by atoms with Gasteiger partial charge in [-0.3, -0.25) is 14.4 Å². The number of halogens is 1. The highest BCUT2D eigenvalue weighted by atomic mass is 35.7. The minimum absolute atomic E-state index is 0.0143. The lowest BCUT2D eigenvalue weighted by Gasteiger charge is -2.48. The van der Waals surface area contributed by atoms with Gasteiger partial charge < -0.3 is 19.7 Å². The molecular weight excluding hydrogens is 432 g/mol. The second-order valence-electron chi connectivity index (χ2n) is 7.42. The second kappa shape index (κ2) is 10.2. The summed E-state index contributed by atoms with van der Waals surface area (Å²) < 4.78 is 9.18. The van der Waals surface area contributed by atoms with Gasteiger partial charge in [0.05, 0.1) is 18.3 Å². The molecule has 1 heterocycles. The van der Waals surface area contributed by atoms with Gasteiger partial charge in [0.2, 0.25) is 5.91 Å². The van der Waals surface area contributed by atoms with Crippen LogP contribution in [0.4, 0.5) is 0 Å². The Morgan fingerprint density at radius 2 is 1.93 bits per heavy atom. The van der Waals surface area contributed by atoms with Gasteiger partial charge in [-0.1, -0.05) is 30.3 Å². The number of ether oxygens (including phenoxy) is 2. The van der Waals surface area contributed by atoms with Crippen LogP contribution in [0.3, 0.4) is 0 Å². The minimum Gasteiger partial charge on any atom is -0.467 e. The summed E-state index contributed by atoms with van der Waals surface area (Å²) in [5, 5.41) is 2.71. The number of likely N-dealkylation sites (tertiary alicyclic amines) is 1. The van der Waals surface area contributed by atoms with Crippen molar-refractivity contribution < 1.29 is 28.7 Å². The molecule has 2 amide bonds. The van der Waals surface area contributed by atoms with Crippen molar-refractivity contribution in [2.24, 2.45) is 0 Å². The Balaban J connectivity index is 2.18.